The number of benzene rings is 1. The van der Waals surface area contributed by atoms with Crippen molar-refractivity contribution in [2.24, 2.45) is 10.7 Å². The van der Waals surface area contributed by atoms with E-state index in [0.29, 0.717) is 5.89 Å². The number of hydrogen-bond donors (Lipinski definition) is 1. The predicted octanol–water partition coefficient (Wildman–Crippen LogP) is 3.63. The van der Waals surface area contributed by atoms with E-state index in [9.17, 15) is 26.7 Å². The van der Waals surface area contributed by atoms with E-state index < -0.39 is 59.7 Å². The Hall–Kier alpha value is -4.10. The molecule has 0 amide bonds. The third kappa shape index (κ3) is 5.42. The third-order valence-corrected chi connectivity index (χ3v) is 5.34. The molecule has 0 unspecified atom stereocenters. The van der Waals surface area contributed by atoms with Crippen LogP contribution < -0.4 is 10.5 Å². The molecule has 1 aliphatic heterocycles. The number of Topliss-reactive ketones (excluding diaryl/α,β-unsaturated/α-hetero) is 1. The predicted molar refractivity (Wildman–Crippen MR) is 112 cm³/mol. The van der Waals surface area contributed by atoms with E-state index in [1.807, 2.05) is 0 Å². The highest BCUT2D eigenvalue weighted by Crippen LogP contribution is 2.41. The first-order chi connectivity index (χ1) is 16.9. The highest BCUT2D eigenvalue weighted by atomic mass is 19.4. The van der Waals surface area contributed by atoms with Crippen LogP contribution in [0, 0.1) is 11.6 Å². The summed E-state index contributed by atoms with van der Waals surface area (Å²) in [6.45, 7) is 1.16. The molecular formula is C22H18F5N5O4. The van der Waals surface area contributed by atoms with E-state index in [4.69, 9.17) is 14.9 Å². The molecule has 0 bridgehead atoms. The molecule has 1 aliphatic rings. The van der Waals surface area contributed by atoms with E-state index in [-0.39, 0.29) is 23.7 Å². The molecule has 1 aromatic carbocycles. The molecule has 0 saturated carbocycles. The van der Waals surface area contributed by atoms with Crippen molar-refractivity contribution >= 4 is 11.8 Å². The number of aliphatic imine (C=N–C) groups is 1. The summed E-state index contributed by atoms with van der Waals surface area (Å²) in [7, 11) is 0. The number of halogens is 5. The van der Waals surface area contributed by atoms with Crippen LogP contribution in [0.3, 0.4) is 0 Å². The molecule has 9 nitrogen and oxygen atoms in total. The monoisotopic (exact) mass is 511 g/mol. The number of hydrogen-bond acceptors (Lipinski definition) is 9. The molecule has 3 aromatic rings. The maximum Gasteiger partial charge on any atom is 0.425 e. The van der Waals surface area contributed by atoms with Gasteiger partial charge in [0, 0.05) is 18.4 Å². The summed E-state index contributed by atoms with van der Waals surface area (Å²) in [6.07, 6.45) is -3.34. The van der Waals surface area contributed by atoms with Gasteiger partial charge in [-0.15, -0.1) is 0 Å². The summed E-state index contributed by atoms with van der Waals surface area (Å²) in [6, 6.07) is 1.04. The van der Waals surface area contributed by atoms with Crippen LogP contribution in [0.15, 0.2) is 46.4 Å². The fourth-order valence-electron chi connectivity index (χ4n) is 3.63. The minimum atomic E-state index is -4.81. The van der Waals surface area contributed by atoms with Crippen LogP contribution in [-0.2, 0) is 23.3 Å². The largest absolute Gasteiger partial charge is 0.467 e. The minimum absolute atomic E-state index is 0.00929. The zero-order chi connectivity index (χ0) is 26.1. The highest BCUT2D eigenvalue weighted by molar-refractivity contribution is 5.95. The van der Waals surface area contributed by atoms with E-state index >= 15 is 0 Å². The lowest BCUT2D eigenvalue weighted by Gasteiger charge is -2.36. The summed E-state index contributed by atoms with van der Waals surface area (Å²) in [5.41, 5.74) is 2.91. The molecule has 0 aliphatic carbocycles. The first-order valence-corrected chi connectivity index (χ1v) is 10.4. The molecule has 2 atom stereocenters. The molecule has 36 heavy (non-hydrogen) atoms. The van der Waals surface area contributed by atoms with E-state index in [0.717, 1.165) is 18.3 Å². The van der Waals surface area contributed by atoms with Crippen molar-refractivity contribution < 1.29 is 40.6 Å². The van der Waals surface area contributed by atoms with E-state index in [2.05, 4.69) is 24.7 Å². The topological polar surface area (TPSA) is 126 Å². The molecule has 190 valence electrons. The van der Waals surface area contributed by atoms with Crippen LogP contribution >= 0.6 is 0 Å². The van der Waals surface area contributed by atoms with E-state index in [1.165, 1.54) is 25.6 Å². The second kappa shape index (κ2) is 9.51. The fourth-order valence-corrected chi connectivity index (χ4v) is 3.63. The molecule has 2 N–H and O–H groups in total. The van der Waals surface area contributed by atoms with Crippen molar-refractivity contribution in [3.63, 3.8) is 0 Å². The van der Waals surface area contributed by atoms with Crippen LogP contribution in [0.1, 0.15) is 40.9 Å². The van der Waals surface area contributed by atoms with Gasteiger partial charge in [0.1, 0.15) is 12.0 Å². The van der Waals surface area contributed by atoms with Crippen molar-refractivity contribution in [1.29, 1.82) is 0 Å². The Kier molecular flexibility index (Phi) is 6.61. The summed E-state index contributed by atoms with van der Waals surface area (Å²) >= 11 is 0. The Morgan fingerprint density at radius 1 is 1.22 bits per heavy atom. The van der Waals surface area contributed by atoms with Crippen molar-refractivity contribution in [2.75, 3.05) is 0 Å². The van der Waals surface area contributed by atoms with Gasteiger partial charge < -0.3 is 19.6 Å². The van der Waals surface area contributed by atoms with Gasteiger partial charge in [-0.1, -0.05) is 0 Å². The smallest absolute Gasteiger partial charge is 0.425 e. The zero-order valence-corrected chi connectivity index (χ0v) is 18.6. The van der Waals surface area contributed by atoms with Gasteiger partial charge in [-0.2, -0.15) is 13.2 Å². The lowest BCUT2D eigenvalue weighted by molar-refractivity contribution is -0.208. The van der Waals surface area contributed by atoms with Crippen molar-refractivity contribution in [2.45, 2.75) is 44.2 Å². The first-order valence-electron chi connectivity index (χ1n) is 10.4. The number of aromatic nitrogens is 3. The lowest BCUT2D eigenvalue weighted by atomic mass is 9.84. The Morgan fingerprint density at radius 2 is 2.00 bits per heavy atom. The SMILES string of the molecule is C[C@@]1(c2cc(CC(=O)c3cnc(OCc4ncco4)cn3)cc(F)c2F)C[C@@H](C(F)(F)F)OC(N)=N1. The molecule has 0 spiro atoms. The number of nitrogens with zero attached hydrogens (tertiary/aromatic N) is 4. The molecule has 0 fully saturated rings. The molecular weight excluding hydrogens is 493 g/mol. The fraction of sp³-hybridized carbons (Fsp3) is 0.318. The molecule has 14 heteroatoms. The molecule has 3 heterocycles. The second-order valence-electron chi connectivity index (χ2n) is 8.07. The number of carbonyl (C=O) groups is 1. The van der Waals surface area contributed by atoms with Crippen LogP contribution in [0.5, 0.6) is 5.88 Å². The zero-order valence-electron chi connectivity index (χ0n) is 18.6. The van der Waals surface area contributed by atoms with Gasteiger partial charge in [0.05, 0.1) is 24.1 Å². The first kappa shape index (κ1) is 25.0. The van der Waals surface area contributed by atoms with Gasteiger partial charge >= 0.3 is 6.18 Å². The van der Waals surface area contributed by atoms with Crippen LogP contribution in [0.25, 0.3) is 0 Å². The molecule has 2 aromatic heterocycles. The molecule has 0 radical (unpaired) electrons. The standard InChI is InChI=1S/C22H18F5N5O4/c1-21(7-16(22(25,26)27)36-20(28)32-21)12-4-11(5-13(23)19(12)24)6-15(33)14-8-31-17(9-30-14)35-10-18-29-2-3-34-18/h2-5,8-9,16H,6-7,10H2,1H3,(H2,28,32)/t16-,21-/m0/s1. The van der Waals surface area contributed by atoms with E-state index in [1.54, 1.807) is 0 Å². The minimum Gasteiger partial charge on any atom is -0.467 e. The average molecular weight is 511 g/mol. The normalized spacial score (nSPS) is 19.9. The van der Waals surface area contributed by atoms with Crippen molar-refractivity contribution in [1.82, 2.24) is 15.0 Å². The summed E-state index contributed by atoms with van der Waals surface area (Å²) < 4.78 is 83.8. The number of ether oxygens (including phenoxy) is 2. The van der Waals surface area contributed by atoms with Crippen LogP contribution in [0.4, 0.5) is 22.0 Å². The number of amidine groups is 1. The van der Waals surface area contributed by atoms with Gasteiger partial charge in [-0.05, 0) is 24.6 Å². The number of ketones is 1. The Bertz CT molecular complexity index is 1280. The molecule has 0 saturated heterocycles. The van der Waals surface area contributed by atoms with Gasteiger partial charge in [0.25, 0.3) is 6.02 Å². The maximum atomic E-state index is 14.7. The Morgan fingerprint density at radius 3 is 2.64 bits per heavy atom. The Labute approximate surface area is 200 Å². The number of rotatable bonds is 7. The van der Waals surface area contributed by atoms with Gasteiger partial charge in [0.2, 0.25) is 11.8 Å². The van der Waals surface area contributed by atoms with Crippen molar-refractivity contribution in [3.05, 3.63) is 71.3 Å². The van der Waals surface area contributed by atoms with Crippen LogP contribution in [-0.4, -0.2) is 39.0 Å². The van der Waals surface area contributed by atoms with Crippen LogP contribution in [0.2, 0.25) is 0 Å². The average Bonchev–Trinajstić information content (AvgIpc) is 3.33. The number of nitrogens with two attached hydrogens (primary N) is 1. The second-order valence-corrected chi connectivity index (χ2v) is 8.07. The summed E-state index contributed by atoms with van der Waals surface area (Å²) in [5.74, 6) is -2.98. The maximum absolute atomic E-state index is 14.7. The summed E-state index contributed by atoms with van der Waals surface area (Å²) in [5, 5.41) is 0. The van der Waals surface area contributed by atoms with Gasteiger partial charge in [0.15, 0.2) is 30.1 Å². The quantitative estimate of drug-likeness (QED) is 0.377. The third-order valence-electron chi connectivity index (χ3n) is 5.34. The Balaban J connectivity index is 1.53. The number of carbonyl (C=O) groups excluding carboxylic acids is 1. The van der Waals surface area contributed by atoms with Crippen molar-refractivity contribution in [3.8, 4) is 5.88 Å². The lowest BCUT2D eigenvalue weighted by Crippen LogP contribution is -2.46. The molecule has 4 rings (SSSR count). The number of alkyl halides is 3. The summed E-state index contributed by atoms with van der Waals surface area (Å²) in [4.78, 5) is 28.3. The van der Waals surface area contributed by atoms with Gasteiger partial charge in [-0.3, -0.25) is 4.79 Å². The van der Waals surface area contributed by atoms with Gasteiger partial charge in [-0.25, -0.2) is 28.7 Å². The highest BCUT2D eigenvalue weighted by Gasteiger charge is 2.50. The number of oxazole rings is 1.